The Balaban J connectivity index is 2.50. The fraction of sp³-hybridized carbons (Fsp3) is 0.100. The number of carbonyl (C=O) groups excluding carboxylic acids is 1. The Hall–Kier alpha value is -2.55. The molecule has 0 unspecified atom stereocenters. The van der Waals surface area contributed by atoms with Crippen molar-refractivity contribution in [2.75, 3.05) is 11.9 Å². The normalized spacial score (nSPS) is 8.94. The van der Waals surface area contributed by atoms with Gasteiger partial charge >= 0.3 is 12.0 Å². The predicted octanol–water partition coefficient (Wildman–Crippen LogP) is 0.764. The van der Waals surface area contributed by atoms with Gasteiger partial charge in [0, 0.05) is 5.69 Å². The minimum atomic E-state index is -1.12. The Morgan fingerprint density at radius 1 is 1.31 bits per heavy atom. The molecule has 0 saturated carbocycles. The van der Waals surface area contributed by atoms with Crippen molar-refractivity contribution < 1.29 is 14.7 Å². The molecule has 0 bridgehead atoms. The number of anilines is 1. The van der Waals surface area contributed by atoms with E-state index in [1.807, 2.05) is 6.07 Å². The van der Waals surface area contributed by atoms with Crippen LogP contribution in [0, 0.1) is 11.3 Å². The zero-order chi connectivity index (χ0) is 12.0. The Bertz CT molecular complexity index is 434. The molecule has 6 heteroatoms. The van der Waals surface area contributed by atoms with Crippen LogP contribution in [0.3, 0.4) is 0 Å². The average molecular weight is 219 g/mol. The lowest BCUT2D eigenvalue weighted by molar-refractivity contribution is -0.135. The van der Waals surface area contributed by atoms with Gasteiger partial charge in [-0.3, -0.25) is 4.79 Å². The van der Waals surface area contributed by atoms with Crippen molar-refractivity contribution in [3.8, 4) is 6.07 Å². The number of nitrogens with zero attached hydrogens (tertiary/aromatic N) is 1. The molecule has 0 aliphatic carbocycles. The summed E-state index contributed by atoms with van der Waals surface area (Å²) < 4.78 is 0. The lowest BCUT2D eigenvalue weighted by atomic mass is 10.2. The van der Waals surface area contributed by atoms with E-state index in [4.69, 9.17) is 10.4 Å². The number of urea groups is 1. The Morgan fingerprint density at radius 3 is 2.44 bits per heavy atom. The summed E-state index contributed by atoms with van der Waals surface area (Å²) in [5.41, 5.74) is 0.971. The first-order chi connectivity index (χ1) is 7.61. The number of rotatable bonds is 3. The van der Waals surface area contributed by atoms with E-state index in [9.17, 15) is 9.59 Å². The summed E-state index contributed by atoms with van der Waals surface area (Å²) in [6.45, 7) is -0.442. The zero-order valence-electron chi connectivity index (χ0n) is 8.23. The maximum Gasteiger partial charge on any atom is 0.323 e. The van der Waals surface area contributed by atoms with Crippen LogP contribution >= 0.6 is 0 Å². The van der Waals surface area contributed by atoms with Gasteiger partial charge in [0.25, 0.3) is 0 Å². The van der Waals surface area contributed by atoms with Crippen LogP contribution in [-0.2, 0) is 4.79 Å². The van der Waals surface area contributed by atoms with E-state index in [-0.39, 0.29) is 0 Å². The number of carbonyl (C=O) groups is 2. The number of benzene rings is 1. The molecular weight excluding hydrogens is 210 g/mol. The highest BCUT2D eigenvalue weighted by atomic mass is 16.4. The van der Waals surface area contributed by atoms with Gasteiger partial charge in [-0.25, -0.2) is 4.79 Å². The van der Waals surface area contributed by atoms with E-state index in [0.29, 0.717) is 11.3 Å². The van der Waals surface area contributed by atoms with Crippen molar-refractivity contribution >= 4 is 17.7 Å². The number of hydrogen-bond acceptors (Lipinski definition) is 3. The first-order valence-corrected chi connectivity index (χ1v) is 4.38. The molecule has 0 atom stereocenters. The van der Waals surface area contributed by atoms with Gasteiger partial charge in [-0.2, -0.15) is 5.26 Å². The summed E-state index contributed by atoms with van der Waals surface area (Å²) in [6.07, 6.45) is 0. The molecule has 0 radical (unpaired) electrons. The Kier molecular flexibility index (Phi) is 3.86. The van der Waals surface area contributed by atoms with Crippen LogP contribution in [0.2, 0.25) is 0 Å². The van der Waals surface area contributed by atoms with Gasteiger partial charge in [-0.15, -0.1) is 0 Å². The molecule has 1 aromatic carbocycles. The van der Waals surface area contributed by atoms with E-state index in [2.05, 4.69) is 10.6 Å². The van der Waals surface area contributed by atoms with Gasteiger partial charge in [0.1, 0.15) is 6.54 Å². The monoisotopic (exact) mass is 219 g/mol. The molecule has 16 heavy (non-hydrogen) atoms. The summed E-state index contributed by atoms with van der Waals surface area (Å²) >= 11 is 0. The molecule has 6 nitrogen and oxygen atoms in total. The maximum absolute atomic E-state index is 11.1. The highest BCUT2D eigenvalue weighted by Crippen LogP contribution is 2.08. The molecular formula is C10H9N3O3. The number of hydrogen-bond donors (Lipinski definition) is 3. The molecule has 0 saturated heterocycles. The lowest BCUT2D eigenvalue weighted by Gasteiger charge is -2.05. The third-order valence-electron chi connectivity index (χ3n) is 1.67. The van der Waals surface area contributed by atoms with E-state index in [0.717, 1.165) is 0 Å². The molecule has 1 aromatic rings. The minimum Gasteiger partial charge on any atom is -0.480 e. The van der Waals surface area contributed by atoms with E-state index >= 15 is 0 Å². The van der Waals surface area contributed by atoms with Gasteiger partial charge in [-0.1, -0.05) is 0 Å². The molecule has 3 N–H and O–H groups in total. The SMILES string of the molecule is N#Cc1ccc(NC(=O)NCC(=O)O)cc1. The number of carboxylic acid groups (broad SMARTS) is 1. The molecule has 0 aliphatic rings. The Morgan fingerprint density at radius 2 is 1.94 bits per heavy atom. The quantitative estimate of drug-likeness (QED) is 0.698. The zero-order valence-corrected chi connectivity index (χ0v) is 8.23. The van der Waals surface area contributed by atoms with Crippen molar-refractivity contribution in [2.24, 2.45) is 0 Å². The Labute approximate surface area is 91.5 Å². The maximum atomic E-state index is 11.1. The molecule has 82 valence electrons. The van der Waals surface area contributed by atoms with Gasteiger partial charge in [-0.05, 0) is 24.3 Å². The van der Waals surface area contributed by atoms with Crippen molar-refractivity contribution in [3.63, 3.8) is 0 Å². The summed E-state index contributed by atoms with van der Waals surface area (Å²) in [4.78, 5) is 21.3. The van der Waals surface area contributed by atoms with Crippen molar-refractivity contribution in [1.29, 1.82) is 5.26 Å². The number of amides is 2. The van der Waals surface area contributed by atoms with Gasteiger partial charge < -0.3 is 15.7 Å². The smallest absolute Gasteiger partial charge is 0.323 e. The topological polar surface area (TPSA) is 102 Å². The van der Waals surface area contributed by atoms with Crippen LogP contribution in [-0.4, -0.2) is 23.7 Å². The fourth-order valence-electron chi connectivity index (χ4n) is 0.959. The van der Waals surface area contributed by atoms with Gasteiger partial charge in [0.05, 0.1) is 11.6 Å². The number of nitrogens with one attached hydrogen (secondary N) is 2. The third kappa shape index (κ3) is 3.67. The first kappa shape index (κ1) is 11.5. The summed E-state index contributed by atoms with van der Waals surface area (Å²) in [7, 11) is 0. The van der Waals surface area contributed by atoms with Crippen LogP contribution in [0.1, 0.15) is 5.56 Å². The lowest BCUT2D eigenvalue weighted by Crippen LogP contribution is -2.33. The molecule has 0 fully saturated rings. The summed E-state index contributed by atoms with van der Waals surface area (Å²) in [5, 5.41) is 21.4. The van der Waals surface area contributed by atoms with E-state index in [1.165, 1.54) is 0 Å². The van der Waals surface area contributed by atoms with E-state index < -0.39 is 18.5 Å². The molecule has 0 aliphatic heterocycles. The standard InChI is InChI=1S/C10H9N3O3/c11-5-7-1-3-8(4-2-7)13-10(16)12-6-9(14)15/h1-4H,6H2,(H,14,15)(H2,12,13,16). The van der Waals surface area contributed by atoms with Crippen LogP contribution in [0.5, 0.6) is 0 Å². The average Bonchev–Trinajstić information content (AvgIpc) is 2.27. The van der Waals surface area contributed by atoms with Gasteiger partial charge in [0.2, 0.25) is 0 Å². The molecule has 1 rings (SSSR count). The van der Waals surface area contributed by atoms with Crippen molar-refractivity contribution in [3.05, 3.63) is 29.8 Å². The fourth-order valence-corrected chi connectivity index (χ4v) is 0.959. The van der Waals surface area contributed by atoms with Crippen LogP contribution in [0.15, 0.2) is 24.3 Å². The van der Waals surface area contributed by atoms with E-state index in [1.54, 1.807) is 24.3 Å². The second-order valence-corrected chi connectivity index (χ2v) is 2.89. The molecule has 0 heterocycles. The highest BCUT2D eigenvalue weighted by Gasteiger charge is 2.03. The number of carboxylic acids is 1. The second kappa shape index (κ2) is 5.36. The molecule has 0 aromatic heterocycles. The highest BCUT2D eigenvalue weighted by molar-refractivity contribution is 5.91. The van der Waals surface area contributed by atoms with Crippen LogP contribution in [0.25, 0.3) is 0 Å². The van der Waals surface area contributed by atoms with Crippen molar-refractivity contribution in [2.45, 2.75) is 0 Å². The van der Waals surface area contributed by atoms with Crippen LogP contribution in [0.4, 0.5) is 10.5 Å². The first-order valence-electron chi connectivity index (χ1n) is 4.38. The van der Waals surface area contributed by atoms with Crippen LogP contribution < -0.4 is 10.6 Å². The summed E-state index contributed by atoms with van der Waals surface area (Å²) in [5.74, 6) is -1.12. The molecule has 2 amide bonds. The second-order valence-electron chi connectivity index (χ2n) is 2.89. The molecule has 0 spiro atoms. The number of aliphatic carboxylic acids is 1. The van der Waals surface area contributed by atoms with Gasteiger partial charge in [0.15, 0.2) is 0 Å². The predicted molar refractivity (Wildman–Crippen MR) is 55.8 cm³/mol. The van der Waals surface area contributed by atoms with Crippen molar-refractivity contribution in [1.82, 2.24) is 5.32 Å². The minimum absolute atomic E-state index is 0.442. The third-order valence-corrected chi connectivity index (χ3v) is 1.67. The number of nitriles is 1. The summed E-state index contributed by atoms with van der Waals surface area (Å²) in [6, 6.07) is 7.54. The largest absolute Gasteiger partial charge is 0.480 e.